The first-order valence-electron chi connectivity index (χ1n) is 10.0. The highest BCUT2D eigenvalue weighted by Gasteiger charge is 2.08. The molecule has 0 radical (unpaired) electrons. The predicted molar refractivity (Wildman–Crippen MR) is 119 cm³/mol. The Morgan fingerprint density at radius 2 is 0.733 bits per heavy atom. The maximum Gasteiger partial charge on any atom is 0.127 e. The average Bonchev–Trinajstić information content (AvgIpc) is 2.81. The molecule has 152 valence electrons. The minimum atomic E-state index is 0.462. The molecule has 0 N–H and O–H groups in total. The van der Waals surface area contributed by atoms with Gasteiger partial charge >= 0.3 is 0 Å². The molecule has 0 bridgehead atoms. The molecule has 4 aromatic carbocycles. The van der Waals surface area contributed by atoms with Crippen molar-refractivity contribution in [2.24, 2.45) is 0 Å². The lowest BCUT2D eigenvalue weighted by atomic mass is 10.1. The number of ether oxygens (including phenoxy) is 4. The lowest BCUT2D eigenvalue weighted by Crippen LogP contribution is -2.10. The van der Waals surface area contributed by atoms with E-state index >= 15 is 0 Å². The second kappa shape index (κ2) is 10.2. The highest BCUT2D eigenvalue weighted by molar-refractivity contribution is 5.93. The van der Waals surface area contributed by atoms with E-state index in [2.05, 4.69) is 0 Å². The Kier molecular flexibility index (Phi) is 6.69. The topological polar surface area (TPSA) is 36.9 Å². The maximum absolute atomic E-state index is 5.97. The third-order valence-corrected chi connectivity index (χ3v) is 4.55. The van der Waals surface area contributed by atoms with E-state index < -0.39 is 0 Å². The van der Waals surface area contributed by atoms with E-state index in [0.29, 0.717) is 26.4 Å². The zero-order valence-corrected chi connectivity index (χ0v) is 16.7. The molecule has 0 aliphatic rings. The van der Waals surface area contributed by atoms with E-state index in [1.165, 1.54) is 0 Å². The summed E-state index contributed by atoms with van der Waals surface area (Å²) in [5.41, 5.74) is 0. The van der Waals surface area contributed by atoms with Crippen molar-refractivity contribution >= 4 is 10.8 Å². The fraction of sp³-hybridized carbons (Fsp3) is 0.154. The van der Waals surface area contributed by atoms with E-state index in [4.69, 9.17) is 18.9 Å². The van der Waals surface area contributed by atoms with E-state index in [9.17, 15) is 0 Å². The Morgan fingerprint density at radius 1 is 0.367 bits per heavy atom. The van der Waals surface area contributed by atoms with Crippen LogP contribution in [0.4, 0.5) is 0 Å². The number of hydrogen-bond donors (Lipinski definition) is 0. The van der Waals surface area contributed by atoms with Gasteiger partial charge in [0.1, 0.15) is 49.4 Å². The largest absolute Gasteiger partial charge is 0.490 e. The summed E-state index contributed by atoms with van der Waals surface area (Å²) in [5.74, 6) is 3.31. The van der Waals surface area contributed by atoms with Crippen LogP contribution in [-0.2, 0) is 0 Å². The van der Waals surface area contributed by atoms with E-state index in [0.717, 1.165) is 33.8 Å². The van der Waals surface area contributed by atoms with Gasteiger partial charge in [-0.05, 0) is 36.4 Å². The molecule has 0 unspecified atom stereocenters. The van der Waals surface area contributed by atoms with Crippen molar-refractivity contribution in [2.75, 3.05) is 26.4 Å². The summed E-state index contributed by atoms with van der Waals surface area (Å²) in [5, 5.41) is 2.03. The predicted octanol–water partition coefficient (Wildman–Crippen LogP) is 5.76. The molecule has 4 aromatic rings. The van der Waals surface area contributed by atoms with Gasteiger partial charge in [0, 0.05) is 10.8 Å². The first-order valence-corrected chi connectivity index (χ1v) is 10.0. The molecule has 0 aromatic heterocycles. The van der Waals surface area contributed by atoms with Crippen LogP contribution < -0.4 is 18.9 Å². The van der Waals surface area contributed by atoms with Crippen LogP contribution in [0.25, 0.3) is 10.8 Å². The quantitative estimate of drug-likeness (QED) is 0.317. The number of rotatable bonds is 10. The molecule has 4 nitrogen and oxygen atoms in total. The van der Waals surface area contributed by atoms with Crippen LogP contribution in [0.15, 0.2) is 97.1 Å². The maximum atomic E-state index is 5.97. The van der Waals surface area contributed by atoms with Crippen LogP contribution in [-0.4, -0.2) is 26.4 Å². The molecule has 0 atom stereocenters. The van der Waals surface area contributed by atoms with Gasteiger partial charge in [0.2, 0.25) is 0 Å². The van der Waals surface area contributed by atoms with Crippen LogP contribution in [0.3, 0.4) is 0 Å². The van der Waals surface area contributed by atoms with E-state index in [1.54, 1.807) is 0 Å². The molecule has 4 rings (SSSR count). The smallest absolute Gasteiger partial charge is 0.127 e. The number of fused-ring (bicyclic) bond motifs is 1. The lowest BCUT2D eigenvalue weighted by Gasteiger charge is -2.14. The minimum Gasteiger partial charge on any atom is -0.490 e. The van der Waals surface area contributed by atoms with Crippen LogP contribution in [0.5, 0.6) is 23.0 Å². The van der Waals surface area contributed by atoms with Crippen LogP contribution >= 0.6 is 0 Å². The zero-order chi connectivity index (χ0) is 20.4. The van der Waals surface area contributed by atoms with Crippen molar-refractivity contribution in [2.45, 2.75) is 0 Å². The Bertz CT molecular complexity index is 962. The van der Waals surface area contributed by atoms with Gasteiger partial charge in [0.25, 0.3) is 0 Å². The molecule has 0 saturated carbocycles. The van der Waals surface area contributed by atoms with Crippen molar-refractivity contribution in [3.63, 3.8) is 0 Å². The fourth-order valence-electron chi connectivity index (χ4n) is 3.15. The van der Waals surface area contributed by atoms with Crippen LogP contribution in [0.2, 0.25) is 0 Å². The molecule has 0 spiro atoms. The van der Waals surface area contributed by atoms with Crippen molar-refractivity contribution in [3.05, 3.63) is 97.1 Å². The van der Waals surface area contributed by atoms with Gasteiger partial charge in [0.15, 0.2) is 0 Å². The van der Waals surface area contributed by atoms with Gasteiger partial charge in [-0.25, -0.2) is 0 Å². The molecule has 0 fully saturated rings. The molecule has 0 aliphatic heterocycles. The van der Waals surface area contributed by atoms with Crippen molar-refractivity contribution < 1.29 is 18.9 Å². The number of hydrogen-bond acceptors (Lipinski definition) is 4. The molecule has 0 saturated heterocycles. The highest BCUT2D eigenvalue weighted by Crippen LogP contribution is 2.33. The van der Waals surface area contributed by atoms with Crippen molar-refractivity contribution in [1.29, 1.82) is 0 Å². The SMILES string of the molecule is c1ccc(OCCOc2ccc(OCCOc3ccccc3)c3ccccc23)cc1. The monoisotopic (exact) mass is 400 g/mol. The van der Waals surface area contributed by atoms with Crippen LogP contribution in [0, 0.1) is 0 Å². The van der Waals surface area contributed by atoms with Gasteiger partial charge < -0.3 is 18.9 Å². The van der Waals surface area contributed by atoms with Gasteiger partial charge in [-0.15, -0.1) is 0 Å². The van der Waals surface area contributed by atoms with E-state index in [-0.39, 0.29) is 0 Å². The summed E-state index contributed by atoms with van der Waals surface area (Å²) in [6.07, 6.45) is 0. The first kappa shape index (κ1) is 19.6. The fourth-order valence-corrected chi connectivity index (χ4v) is 3.15. The normalized spacial score (nSPS) is 10.5. The van der Waals surface area contributed by atoms with Crippen LogP contribution in [0.1, 0.15) is 0 Å². The lowest BCUT2D eigenvalue weighted by molar-refractivity contribution is 0.216. The summed E-state index contributed by atoms with van der Waals surface area (Å²) < 4.78 is 23.4. The highest BCUT2D eigenvalue weighted by atomic mass is 16.5. The molecule has 0 amide bonds. The molecule has 0 aliphatic carbocycles. The van der Waals surface area contributed by atoms with Crippen molar-refractivity contribution in [3.8, 4) is 23.0 Å². The van der Waals surface area contributed by atoms with Crippen molar-refractivity contribution in [1.82, 2.24) is 0 Å². The number of benzene rings is 4. The summed E-state index contributed by atoms with van der Waals surface area (Å²) in [4.78, 5) is 0. The Hall–Kier alpha value is -3.66. The van der Waals surface area contributed by atoms with Gasteiger partial charge in [0.05, 0.1) is 0 Å². The molecular weight excluding hydrogens is 376 g/mol. The standard InChI is InChI=1S/C26H24O4/c1-3-9-21(10-4-1)27-17-19-29-25-15-16-26(24-14-8-7-13-23(24)25)30-20-18-28-22-11-5-2-6-12-22/h1-16H,17-20H2. The van der Waals surface area contributed by atoms with Gasteiger partial charge in [-0.1, -0.05) is 60.7 Å². The average molecular weight is 400 g/mol. The first-order chi connectivity index (χ1) is 14.9. The Morgan fingerprint density at radius 3 is 1.17 bits per heavy atom. The van der Waals surface area contributed by atoms with E-state index in [1.807, 2.05) is 97.1 Å². The molecule has 4 heteroatoms. The molecule has 30 heavy (non-hydrogen) atoms. The Labute approximate surface area is 176 Å². The number of para-hydroxylation sites is 2. The third-order valence-electron chi connectivity index (χ3n) is 4.55. The zero-order valence-electron chi connectivity index (χ0n) is 16.7. The summed E-state index contributed by atoms with van der Waals surface area (Å²) in [7, 11) is 0. The summed E-state index contributed by atoms with van der Waals surface area (Å²) >= 11 is 0. The Balaban J connectivity index is 1.34. The molecule has 0 heterocycles. The second-order valence-electron chi connectivity index (χ2n) is 6.63. The van der Waals surface area contributed by atoms with Gasteiger partial charge in [-0.2, -0.15) is 0 Å². The molecular formula is C26H24O4. The third kappa shape index (κ3) is 5.23. The minimum absolute atomic E-state index is 0.462. The second-order valence-corrected chi connectivity index (χ2v) is 6.63. The van der Waals surface area contributed by atoms with Gasteiger partial charge in [-0.3, -0.25) is 0 Å². The summed E-state index contributed by atoms with van der Waals surface area (Å²) in [6.45, 7) is 1.88. The summed E-state index contributed by atoms with van der Waals surface area (Å²) in [6, 6.07) is 31.4.